The number of nitrogens with two attached hydrogens (primary N) is 1. The van der Waals surface area contributed by atoms with Gasteiger partial charge in [0, 0.05) is 10.9 Å². The number of halogens is 1. The van der Waals surface area contributed by atoms with Crippen LogP contribution in [0, 0.1) is 12.8 Å². The lowest BCUT2D eigenvalue weighted by molar-refractivity contribution is -0.117. The Labute approximate surface area is 123 Å². The van der Waals surface area contributed by atoms with Gasteiger partial charge in [-0.05, 0) is 59.3 Å². The lowest BCUT2D eigenvalue weighted by Gasteiger charge is -2.21. The van der Waals surface area contributed by atoms with Crippen LogP contribution in [0.4, 0.5) is 11.4 Å². The van der Waals surface area contributed by atoms with E-state index in [1.54, 1.807) is 0 Å². The number of nitrogens with one attached hydrogen (secondary N) is 1. The first-order valence-corrected chi connectivity index (χ1v) is 7.71. The van der Waals surface area contributed by atoms with Crippen LogP contribution in [0.5, 0.6) is 0 Å². The van der Waals surface area contributed by atoms with E-state index in [1.165, 1.54) is 32.1 Å². The van der Waals surface area contributed by atoms with Crippen LogP contribution in [0.25, 0.3) is 0 Å². The topological polar surface area (TPSA) is 55.1 Å². The Bertz CT molecular complexity index is 444. The summed E-state index contributed by atoms with van der Waals surface area (Å²) in [6, 6.07) is 3.84. The Balaban J connectivity index is 1.98. The number of hydrogen-bond donors (Lipinski definition) is 2. The van der Waals surface area contributed by atoms with Gasteiger partial charge in [-0.25, -0.2) is 0 Å². The minimum Gasteiger partial charge on any atom is -0.397 e. The molecule has 4 heteroatoms. The number of aryl methyl sites for hydroxylation is 1. The highest BCUT2D eigenvalue weighted by atomic mass is 79.9. The molecule has 3 nitrogen and oxygen atoms in total. The Hall–Kier alpha value is -1.03. The van der Waals surface area contributed by atoms with Crippen molar-refractivity contribution in [1.82, 2.24) is 0 Å². The van der Waals surface area contributed by atoms with Gasteiger partial charge in [-0.3, -0.25) is 4.79 Å². The number of anilines is 2. The second-order valence-electron chi connectivity index (χ2n) is 5.47. The predicted octanol–water partition coefficient (Wildman–Crippen LogP) is 4.25. The lowest BCUT2D eigenvalue weighted by atomic mass is 9.87. The van der Waals surface area contributed by atoms with Gasteiger partial charge < -0.3 is 11.1 Å². The fourth-order valence-electron chi connectivity index (χ4n) is 2.74. The monoisotopic (exact) mass is 324 g/mol. The second kappa shape index (κ2) is 6.42. The molecule has 19 heavy (non-hydrogen) atoms. The zero-order valence-electron chi connectivity index (χ0n) is 11.3. The minimum atomic E-state index is 0.0724. The fraction of sp³-hybridized carbons (Fsp3) is 0.533. The van der Waals surface area contributed by atoms with Crippen molar-refractivity contribution in [3.63, 3.8) is 0 Å². The Morgan fingerprint density at radius 1 is 1.37 bits per heavy atom. The van der Waals surface area contributed by atoms with Crippen molar-refractivity contribution in [2.75, 3.05) is 11.1 Å². The summed E-state index contributed by atoms with van der Waals surface area (Å²) in [7, 11) is 0. The zero-order valence-corrected chi connectivity index (χ0v) is 12.9. The lowest BCUT2D eigenvalue weighted by Crippen LogP contribution is -2.19. The Kier molecular flexibility index (Phi) is 4.86. The van der Waals surface area contributed by atoms with Gasteiger partial charge in [0.25, 0.3) is 0 Å². The molecule has 0 bridgehead atoms. The summed E-state index contributed by atoms with van der Waals surface area (Å²) >= 11 is 3.46. The summed E-state index contributed by atoms with van der Waals surface area (Å²) in [5.74, 6) is 0.613. The van der Waals surface area contributed by atoms with E-state index >= 15 is 0 Å². The van der Waals surface area contributed by atoms with Crippen molar-refractivity contribution >= 4 is 33.2 Å². The summed E-state index contributed by atoms with van der Waals surface area (Å²) in [4.78, 5) is 12.1. The molecule has 0 aromatic heterocycles. The van der Waals surface area contributed by atoms with Crippen LogP contribution in [0.2, 0.25) is 0 Å². The van der Waals surface area contributed by atoms with E-state index in [2.05, 4.69) is 21.2 Å². The number of amides is 1. The van der Waals surface area contributed by atoms with E-state index < -0.39 is 0 Å². The zero-order chi connectivity index (χ0) is 13.8. The molecule has 0 spiro atoms. The number of rotatable bonds is 3. The summed E-state index contributed by atoms with van der Waals surface area (Å²) in [5.41, 5.74) is 8.35. The molecule has 0 radical (unpaired) electrons. The van der Waals surface area contributed by atoms with E-state index in [0.717, 1.165) is 10.0 Å². The first kappa shape index (κ1) is 14.4. The number of carbonyl (C=O) groups is 1. The van der Waals surface area contributed by atoms with E-state index in [1.807, 2.05) is 19.1 Å². The molecule has 1 aliphatic carbocycles. The predicted molar refractivity (Wildman–Crippen MR) is 83.1 cm³/mol. The van der Waals surface area contributed by atoms with Gasteiger partial charge in [0.15, 0.2) is 0 Å². The highest BCUT2D eigenvalue weighted by Crippen LogP contribution is 2.31. The van der Waals surface area contributed by atoms with Gasteiger partial charge in [0.2, 0.25) is 5.91 Å². The highest BCUT2D eigenvalue weighted by molar-refractivity contribution is 9.10. The van der Waals surface area contributed by atoms with Crippen molar-refractivity contribution in [3.8, 4) is 0 Å². The average molecular weight is 325 g/mol. The maximum atomic E-state index is 12.1. The van der Waals surface area contributed by atoms with Crippen LogP contribution in [-0.4, -0.2) is 5.91 Å². The highest BCUT2D eigenvalue weighted by Gasteiger charge is 2.18. The maximum absolute atomic E-state index is 12.1. The largest absolute Gasteiger partial charge is 0.397 e. The normalized spacial score (nSPS) is 16.3. The van der Waals surface area contributed by atoms with Crippen LogP contribution in [0.1, 0.15) is 44.1 Å². The number of benzene rings is 1. The first-order chi connectivity index (χ1) is 9.06. The molecule has 1 aromatic rings. The molecule has 1 saturated carbocycles. The van der Waals surface area contributed by atoms with E-state index in [0.29, 0.717) is 23.7 Å². The van der Waals surface area contributed by atoms with Crippen molar-refractivity contribution in [2.24, 2.45) is 5.92 Å². The molecule has 0 heterocycles. The van der Waals surface area contributed by atoms with E-state index in [-0.39, 0.29) is 5.91 Å². The summed E-state index contributed by atoms with van der Waals surface area (Å²) in [6.45, 7) is 1.98. The third kappa shape index (κ3) is 3.96. The van der Waals surface area contributed by atoms with Gasteiger partial charge in [0.1, 0.15) is 0 Å². The summed E-state index contributed by atoms with van der Waals surface area (Å²) in [6.07, 6.45) is 6.80. The van der Waals surface area contributed by atoms with Gasteiger partial charge in [-0.1, -0.05) is 19.3 Å². The molecule has 0 saturated heterocycles. The van der Waals surface area contributed by atoms with Gasteiger partial charge in [-0.2, -0.15) is 0 Å². The first-order valence-electron chi connectivity index (χ1n) is 6.91. The van der Waals surface area contributed by atoms with Crippen LogP contribution >= 0.6 is 15.9 Å². The molecule has 1 aromatic carbocycles. The maximum Gasteiger partial charge on any atom is 0.224 e. The number of nitrogen functional groups attached to an aromatic ring is 1. The molecule has 0 unspecified atom stereocenters. The van der Waals surface area contributed by atoms with Crippen molar-refractivity contribution < 1.29 is 4.79 Å². The van der Waals surface area contributed by atoms with Crippen LogP contribution in [0.15, 0.2) is 16.6 Å². The van der Waals surface area contributed by atoms with Crippen molar-refractivity contribution in [1.29, 1.82) is 0 Å². The Morgan fingerprint density at radius 2 is 2.05 bits per heavy atom. The SMILES string of the molecule is Cc1cc(N)c(NC(=O)CC2CCCCC2)c(Br)c1. The molecule has 1 aliphatic rings. The third-order valence-corrected chi connectivity index (χ3v) is 4.35. The molecular formula is C15H21BrN2O. The fourth-order valence-corrected chi connectivity index (χ4v) is 3.43. The van der Waals surface area contributed by atoms with Crippen LogP contribution < -0.4 is 11.1 Å². The van der Waals surface area contributed by atoms with E-state index in [9.17, 15) is 4.79 Å². The van der Waals surface area contributed by atoms with E-state index in [4.69, 9.17) is 5.73 Å². The Morgan fingerprint density at radius 3 is 2.68 bits per heavy atom. The van der Waals surface area contributed by atoms with Gasteiger partial charge >= 0.3 is 0 Å². The molecule has 0 atom stereocenters. The molecule has 3 N–H and O–H groups in total. The quantitative estimate of drug-likeness (QED) is 0.816. The smallest absolute Gasteiger partial charge is 0.224 e. The molecule has 2 rings (SSSR count). The van der Waals surface area contributed by atoms with Gasteiger partial charge in [0.05, 0.1) is 11.4 Å². The molecule has 1 fully saturated rings. The molecular weight excluding hydrogens is 304 g/mol. The molecule has 104 valence electrons. The molecule has 1 amide bonds. The average Bonchev–Trinajstić information content (AvgIpc) is 2.35. The molecule has 0 aliphatic heterocycles. The third-order valence-electron chi connectivity index (χ3n) is 3.73. The summed E-state index contributed by atoms with van der Waals surface area (Å²) < 4.78 is 0.849. The van der Waals surface area contributed by atoms with Gasteiger partial charge in [-0.15, -0.1) is 0 Å². The van der Waals surface area contributed by atoms with Crippen LogP contribution in [-0.2, 0) is 4.79 Å². The van der Waals surface area contributed by atoms with Crippen molar-refractivity contribution in [2.45, 2.75) is 45.4 Å². The second-order valence-corrected chi connectivity index (χ2v) is 6.32. The minimum absolute atomic E-state index is 0.0724. The van der Waals surface area contributed by atoms with Crippen LogP contribution in [0.3, 0.4) is 0 Å². The number of carbonyl (C=O) groups excluding carboxylic acids is 1. The standard InChI is InChI=1S/C15H21BrN2O/c1-10-7-12(16)15(13(17)8-10)18-14(19)9-11-5-3-2-4-6-11/h7-8,11H,2-6,9,17H2,1H3,(H,18,19). The van der Waals surface area contributed by atoms with Crippen molar-refractivity contribution in [3.05, 3.63) is 22.2 Å². The number of hydrogen-bond acceptors (Lipinski definition) is 2. The summed E-state index contributed by atoms with van der Waals surface area (Å²) in [5, 5.41) is 2.94.